The molecule has 0 atom stereocenters. The van der Waals surface area contributed by atoms with Crippen molar-refractivity contribution in [3.8, 4) is 0 Å². The number of rotatable bonds is 8. The Labute approximate surface area is 195 Å². The predicted molar refractivity (Wildman–Crippen MR) is 124 cm³/mol. The van der Waals surface area contributed by atoms with Gasteiger partial charge in [-0.25, -0.2) is 19.2 Å². The molecule has 0 unspecified atom stereocenters. The molecule has 0 aliphatic carbocycles. The summed E-state index contributed by atoms with van der Waals surface area (Å²) >= 11 is 0. The predicted octanol–water partition coefficient (Wildman–Crippen LogP) is 4.46. The zero-order valence-corrected chi connectivity index (χ0v) is 18.7. The maximum absolute atomic E-state index is 12.3. The van der Waals surface area contributed by atoms with E-state index in [0.717, 1.165) is 21.5 Å². The Morgan fingerprint density at radius 2 is 1.00 bits per heavy atom. The number of hydrogen-bond acceptors (Lipinski definition) is 8. The van der Waals surface area contributed by atoms with Crippen LogP contribution in [0.3, 0.4) is 0 Å². The second-order valence-corrected chi connectivity index (χ2v) is 7.46. The minimum Gasteiger partial charge on any atom is -0.425 e. The van der Waals surface area contributed by atoms with E-state index in [-0.39, 0.29) is 11.1 Å². The molecule has 0 bridgehead atoms. The summed E-state index contributed by atoms with van der Waals surface area (Å²) in [4.78, 5) is 47.3. The Kier molecular flexibility index (Phi) is 7.43. The van der Waals surface area contributed by atoms with Crippen LogP contribution in [-0.4, -0.2) is 37.5 Å². The van der Waals surface area contributed by atoms with Crippen LogP contribution in [0.1, 0.15) is 34.6 Å². The van der Waals surface area contributed by atoms with E-state index < -0.39 is 37.5 Å². The van der Waals surface area contributed by atoms with Gasteiger partial charge in [-0.1, -0.05) is 37.4 Å². The van der Waals surface area contributed by atoms with E-state index in [9.17, 15) is 19.2 Å². The van der Waals surface area contributed by atoms with Gasteiger partial charge in [0.25, 0.3) is 0 Å². The lowest BCUT2D eigenvalue weighted by atomic mass is 9.98. The van der Waals surface area contributed by atoms with Gasteiger partial charge in [0, 0.05) is 11.1 Å². The molecule has 0 amide bonds. The summed E-state index contributed by atoms with van der Waals surface area (Å²) < 4.78 is 19.5. The van der Waals surface area contributed by atoms with Gasteiger partial charge in [0.05, 0.1) is 11.1 Å². The van der Waals surface area contributed by atoms with Crippen LogP contribution in [0.2, 0.25) is 0 Å². The Balaban J connectivity index is 1.73. The lowest BCUT2D eigenvalue weighted by molar-refractivity contribution is -0.148. The van der Waals surface area contributed by atoms with Gasteiger partial charge in [0.2, 0.25) is 13.6 Å². The summed E-state index contributed by atoms with van der Waals surface area (Å²) in [5.41, 5.74) is 0.998. The Morgan fingerprint density at radius 1 is 0.618 bits per heavy atom. The highest BCUT2D eigenvalue weighted by Gasteiger charge is 2.13. The summed E-state index contributed by atoms with van der Waals surface area (Å²) in [6.07, 6.45) is 0. The molecule has 3 aromatic carbocycles. The van der Waals surface area contributed by atoms with Gasteiger partial charge in [0.15, 0.2) is 0 Å². The minimum atomic E-state index is -0.645. The number of hydrogen-bond donors (Lipinski definition) is 0. The average Bonchev–Trinajstić information content (AvgIpc) is 2.82. The zero-order chi connectivity index (χ0) is 24.8. The van der Waals surface area contributed by atoms with E-state index >= 15 is 0 Å². The summed E-state index contributed by atoms with van der Waals surface area (Å²) in [5.74, 6) is -2.56. The third-order valence-corrected chi connectivity index (χ3v) is 4.76. The summed E-state index contributed by atoms with van der Waals surface area (Å²) in [6, 6.07) is 13.7. The second-order valence-electron chi connectivity index (χ2n) is 7.46. The van der Waals surface area contributed by atoms with Crippen LogP contribution in [0.25, 0.3) is 21.5 Å². The van der Waals surface area contributed by atoms with Gasteiger partial charge in [-0.05, 0) is 59.7 Å². The van der Waals surface area contributed by atoms with Crippen molar-refractivity contribution in [2.24, 2.45) is 0 Å². The van der Waals surface area contributed by atoms with Crippen molar-refractivity contribution in [1.82, 2.24) is 0 Å². The second kappa shape index (κ2) is 10.4. The van der Waals surface area contributed by atoms with Gasteiger partial charge < -0.3 is 18.9 Å². The van der Waals surface area contributed by atoms with Gasteiger partial charge in [0.1, 0.15) is 0 Å². The zero-order valence-electron chi connectivity index (χ0n) is 18.7. The molecule has 0 saturated carbocycles. The molecule has 0 aliphatic rings. The smallest absolute Gasteiger partial charge is 0.341 e. The largest absolute Gasteiger partial charge is 0.425 e. The molecule has 0 heterocycles. The molecule has 174 valence electrons. The van der Waals surface area contributed by atoms with Crippen LogP contribution in [0.5, 0.6) is 0 Å². The first kappa shape index (κ1) is 24.2. The molecule has 3 rings (SSSR count). The van der Waals surface area contributed by atoms with Crippen LogP contribution >= 0.6 is 0 Å². The van der Waals surface area contributed by atoms with Gasteiger partial charge in [-0.15, -0.1) is 0 Å². The SMILES string of the molecule is C=C(C)C(=O)OCOC(=O)c1ccc2c(ccc3cc(C(=O)OCOC(=O)C(=C)C)ccc32)c1. The van der Waals surface area contributed by atoms with Crippen LogP contribution < -0.4 is 0 Å². The fourth-order valence-electron chi connectivity index (χ4n) is 3.01. The van der Waals surface area contributed by atoms with E-state index in [1.807, 2.05) is 0 Å². The van der Waals surface area contributed by atoms with Crippen molar-refractivity contribution < 1.29 is 38.1 Å². The lowest BCUT2D eigenvalue weighted by Gasteiger charge is -2.09. The molecular formula is C26H22O8. The van der Waals surface area contributed by atoms with E-state index in [1.54, 1.807) is 48.5 Å². The number of fused-ring (bicyclic) bond motifs is 3. The van der Waals surface area contributed by atoms with Crippen LogP contribution in [0.4, 0.5) is 0 Å². The molecule has 8 heteroatoms. The summed E-state index contributed by atoms with van der Waals surface area (Å²) in [7, 11) is 0. The highest BCUT2D eigenvalue weighted by atomic mass is 16.7. The van der Waals surface area contributed by atoms with E-state index in [4.69, 9.17) is 18.9 Å². The Hall–Kier alpha value is -4.46. The molecule has 0 spiro atoms. The fraction of sp³-hybridized carbons (Fsp3) is 0.154. The molecule has 0 N–H and O–H groups in total. The molecule has 3 aromatic rings. The van der Waals surface area contributed by atoms with Crippen molar-refractivity contribution in [3.63, 3.8) is 0 Å². The third-order valence-electron chi connectivity index (χ3n) is 4.76. The van der Waals surface area contributed by atoms with Crippen molar-refractivity contribution >= 4 is 45.4 Å². The van der Waals surface area contributed by atoms with Crippen LogP contribution in [0, 0.1) is 0 Å². The average molecular weight is 462 g/mol. The first-order valence-corrected chi connectivity index (χ1v) is 10.1. The monoisotopic (exact) mass is 462 g/mol. The van der Waals surface area contributed by atoms with Gasteiger partial charge in [-0.3, -0.25) is 0 Å². The van der Waals surface area contributed by atoms with Gasteiger partial charge in [-0.2, -0.15) is 0 Å². The number of carbonyl (C=O) groups excluding carboxylic acids is 4. The van der Waals surface area contributed by atoms with Crippen LogP contribution in [-0.2, 0) is 28.5 Å². The number of ether oxygens (including phenoxy) is 4. The maximum atomic E-state index is 12.3. The van der Waals surface area contributed by atoms with E-state index in [1.165, 1.54) is 13.8 Å². The summed E-state index contributed by atoms with van der Waals surface area (Å²) in [6.45, 7) is 8.86. The topological polar surface area (TPSA) is 105 Å². The molecule has 0 aliphatic heterocycles. The van der Waals surface area contributed by atoms with Gasteiger partial charge >= 0.3 is 23.9 Å². The quantitative estimate of drug-likeness (QED) is 0.209. The maximum Gasteiger partial charge on any atom is 0.341 e. The fourth-order valence-corrected chi connectivity index (χ4v) is 3.01. The van der Waals surface area contributed by atoms with Crippen molar-refractivity contribution in [2.75, 3.05) is 13.6 Å². The van der Waals surface area contributed by atoms with E-state index in [2.05, 4.69) is 13.2 Å². The molecule has 34 heavy (non-hydrogen) atoms. The molecule has 0 aromatic heterocycles. The number of esters is 4. The molecule has 8 nitrogen and oxygen atoms in total. The number of carbonyl (C=O) groups is 4. The normalized spacial score (nSPS) is 10.4. The van der Waals surface area contributed by atoms with Crippen molar-refractivity contribution in [3.05, 3.63) is 84.0 Å². The molecular weight excluding hydrogens is 440 g/mol. The molecule has 0 saturated heterocycles. The van der Waals surface area contributed by atoms with Crippen LogP contribution in [0.15, 0.2) is 72.8 Å². The molecule has 0 radical (unpaired) electrons. The molecule has 0 fully saturated rings. The Bertz CT molecular complexity index is 1230. The highest BCUT2D eigenvalue weighted by molar-refractivity contribution is 6.10. The third kappa shape index (κ3) is 5.66. The van der Waals surface area contributed by atoms with E-state index in [0.29, 0.717) is 11.1 Å². The summed E-state index contributed by atoms with van der Waals surface area (Å²) in [5, 5.41) is 3.28. The van der Waals surface area contributed by atoms with Crippen molar-refractivity contribution in [1.29, 1.82) is 0 Å². The minimum absolute atomic E-state index is 0.205. The van der Waals surface area contributed by atoms with Crippen molar-refractivity contribution in [2.45, 2.75) is 13.8 Å². The first-order chi connectivity index (χ1) is 16.2. The number of benzene rings is 3. The first-order valence-electron chi connectivity index (χ1n) is 10.1. The highest BCUT2D eigenvalue weighted by Crippen LogP contribution is 2.27. The Morgan fingerprint density at radius 3 is 1.35 bits per heavy atom. The standard InChI is InChI=1S/C26H22O8/c1-15(2)23(27)31-13-33-25(29)19-7-9-21-17(11-19)5-6-18-12-20(8-10-22(18)21)26(30)34-14-32-24(28)16(3)4/h5-12H,1,3,13-14H2,2,4H3. The lowest BCUT2D eigenvalue weighted by Crippen LogP contribution is -2.13.